The fraction of sp³-hybridized carbons (Fsp3) is 0.400. The first kappa shape index (κ1) is 15.6. The standard InChI is InChI=1S/C15H20FN3OS/c1-9(2)20-14-7-13(12(17)6-11(14)16)19-8-10(3)15-18-4-5-21-15/h4-7,9-10,19H,8,17H2,1-3H3. The Morgan fingerprint density at radius 1 is 1.38 bits per heavy atom. The van der Waals surface area contributed by atoms with Gasteiger partial charge in [0, 0.05) is 36.2 Å². The number of nitrogens with one attached hydrogen (secondary N) is 1. The van der Waals surface area contributed by atoms with Gasteiger partial charge in [0.1, 0.15) is 0 Å². The van der Waals surface area contributed by atoms with Crippen LogP contribution in [-0.2, 0) is 0 Å². The quantitative estimate of drug-likeness (QED) is 0.795. The first-order valence-corrected chi connectivity index (χ1v) is 7.74. The number of rotatable bonds is 6. The molecule has 21 heavy (non-hydrogen) atoms. The van der Waals surface area contributed by atoms with Crippen LogP contribution in [0.4, 0.5) is 15.8 Å². The number of benzene rings is 1. The van der Waals surface area contributed by atoms with E-state index >= 15 is 0 Å². The van der Waals surface area contributed by atoms with Crippen LogP contribution in [0.25, 0.3) is 0 Å². The van der Waals surface area contributed by atoms with Gasteiger partial charge in [0.05, 0.1) is 22.5 Å². The molecule has 2 aromatic rings. The molecule has 0 fully saturated rings. The molecule has 0 radical (unpaired) electrons. The monoisotopic (exact) mass is 309 g/mol. The highest BCUT2D eigenvalue weighted by atomic mass is 32.1. The van der Waals surface area contributed by atoms with E-state index < -0.39 is 5.82 Å². The molecule has 1 aromatic carbocycles. The number of halogens is 1. The lowest BCUT2D eigenvalue weighted by Gasteiger charge is -2.16. The van der Waals surface area contributed by atoms with Crippen LogP contribution < -0.4 is 15.8 Å². The van der Waals surface area contributed by atoms with Gasteiger partial charge in [0.2, 0.25) is 0 Å². The third-order valence-electron chi connectivity index (χ3n) is 2.94. The summed E-state index contributed by atoms with van der Waals surface area (Å²) in [4.78, 5) is 4.28. The predicted molar refractivity (Wildman–Crippen MR) is 85.6 cm³/mol. The first-order valence-electron chi connectivity index (χ1n) is 6.86. The predicted octanol–water partition coefficient (Wildman–Crippen LogP) is 3.87. The van der Waals surface area contributed by atoms with Gasteiger partial charge >= 0.3 is 0 Å². The zero-order valence-corrected chi connectivity index (χ0v) is 13.2. The number of anilines is 2. The topological polar surface area (TPSA) is 60.2 Å². The lowest BCUT2D eigenvalue weighted by Crippen LogP contribution is -2.12. The molecule has 4 nitrogen and oxygen atoms in total. The van der Waals surface area contributed by atoms with Crippen LogP contribution in [0.5, 0.6) is 5.75 Å². The van der Waals surface area contributed by atoms with Gasteiger partial charge in [-0.3, -0.25) is 0 Å². The minimum Gasteiger partial charge on any atom is -0.488 e. The van der Waals surface area contributed by atoms with E-state index in [2.05, 4.69) is 17.2 Å². The molecule has 114 valence electrons. The van der Waals surface area contributed by atoms with Gasteiger partial charge < -0.3 is 15.8 Å². The molecule has 0 saturated carbocycles. The summed E-state index contributed by atoms with van der Waals surface area (Å²) in [6.07, 6.45) is 1.70. The number of hydrogen-bond donors (Lipinski definition) is 2. The lowest BCUT2D eigenvalue weighted by atomic mass is 10.2. The van der Waals surface area contributed by atoms with Crippen LogP contribution in [0.15, 0.2) is 23.7 Å². The molecule has 0 aliphatic rings. The molecule has 1 atom stereocenters. The van der Waals surface area contributed by atoms with E-state index in [-0.39, 0.29) is 17.8 Å². The van der Waals surface area contributed by atoms with Gasteiger partial charge in [-0.25, -0.2) is 9.37 Å². The molecule has 2 rings (SSSR count). The minimum atomic E-state index is -0.445. The molecule has 1 aromatic heterocycles. The number of hydrogen-bond acceptors (Lipinski definition) is 5. The number of aromatic nitrogens is 1. The third-order valence-corrected chi connectivity index (χ3v) is 3.95. The molecule has 0 bridgehead atoms. The second-order valence-corrected chi connectivity index (χ2v) is 6.11. The largest absolute Gasteiger partial charge is 0.488 e. The van der Waals surface area contributed by atoms with Gasteiger partial charge in [-0.1, -0.05) is 6.92 Å². The van der Waals surface area contributed by atoms with E-state index in [4.69, 9.17) is 10.5 Å². The van der Waals surface area contributed by atoms with Crippen LogP contribution in [0.3, 0.4) is 0 Å². The molecule has 6 heteroatoms. The second kappa shape index (κ2) is 6.76. The Hall–Kier alpha value is -1.82. The van der Waals surface area contributed by atoms with Crippen molar-refractivity contribution in [1.29, 1.82) is 0 Å². The number of nitrogen functional groups attached to an aromatic ring is 1. The molecule has 0 saturated heterocycles. The Morgan fingerprint density at radius 3 is 2.76 bits per heavy atom. The molecule has 0 amide bonds. The summed E-state index contributed by atoms with van der Waals surface area (Å²) >= 11 is 1.62. The number of ether oxygens (including phenoxy) is 1. The van der Waals surface area contributed by atoms with Crippen LogP contribution in [0, 0.1) is 5.82 Å². The van der Waals surface area contributed by atoms with E-state index in [9.17, 15) is 4.39 Å². The summed E-state index contributed by atoms with van der Waals surface area (Å²) in [6.45, 7) is 6.46. The fourth-order valence-electron chi connectivity index (χ4n) is 1.89. The van der Waals surface area contributed by atoms with E-state index in [1.54, 1.807) is 23.6 Å². The van der Waals surface area contributed by atoms with Gasteiger partial charge in [0.25, 0.3) is 0 Å². The van der Waals surface area contributed by atoms with Crippen molar-refractivity contribution in [3.63, 3.8) is 0 Å². The van der Waals surface area contributed by atoms with Gasteiger partial charge in [-0.05, 0) is 13.8 Å². The highest BCUT2D eigenvalue weighted by Gasteiger charge is 2.13. The van der Waals surface area contributed by atoms with E-state index in [0.29, 0.717) is 17.9 Å². The molecule has 1 heterocycles. The summed E-state index contributed by atoms with van der Waals surface area (Å²) < 4.78 is 19.2. The minimum absolute atomic E-state index is 0.0924. The summed E-state index contributed by atoms with van der Waals surface area (Å²) in [6, 6.07) is 2.90. The van der Waals surface area contributed by atoms with Crippen molar-refractivity contribution in [1.82, 2.24) is 4.98 Å². The van der Waals surface area contributed by atoms with E-state index in [1.807, 2.05) is 19.2 Å². The second-order valence-electron chi connectivity index (χ2n) is 5.19. The van der Waals surface area contributed by atoms with Crippen LogP contribution in [-0.4, -0.2) is 17.6 Å². The van der Waals surface area contributed by atoms with Crippen molar-refractivity contribution >= 4 is 22.7 Å². The smallest absolute Gasteiger partial charge is 0.167 e. The van der Waals surface area contributed by atoms with Crippen molar-refractivity contribution in [2.24, 2.45) is 0 Å². The summed E-state index contributed by atoms with van der Waals surface area (Å²) in [5.41, 5.74) is 6.90. The average Bonchev–Trinajstić information content (AvgIpc) is 2.93. The number of thiazole rings is 1. The maximum Gasteiger partial charge on any atom is 0.167 e. The first-order chi connectivity index (χ1) is 9.97. The lowest BCUT2D eigenvalue weighted by molar-refractivity contribution is 0.231. The Morgan fingerprint density at radius 2 is 2.14 bits per heavy atom. The van der Waals surface area contributed by atoms with Crippen molar-refractivity contribution in [2.75, 3.05) is 17.6 Å². The Labute approximate surface area is 128 Å². The van der Waals surface area contributed by atoms with Crippen molar-refractivity contribution in [3.8, 4) is 5.75 Å². The summed E-state index contributed by atoms with van der Waals surface area (Å²) in [5.74, 6) is 0.0206. The van der Waals surface area contributed by atoms with E-state index in [1.165, 1.54) is 6.07 Å². The summed E-state index contributed by atoms with van der Waals surface area (Å²) in [7, 11) is 0. The maximum absolute atomic E-state index is 13.8. The van der Waals surface area contributed by atoms with Crippen LogP contribution in [0.1, 0.15) is 31.7 Å². The van der Waals surface area contributed by atoms with Gasteiger partial charge in [0.15, 0.2) is 11.6 Å². The van der Waals surface area contributed by atoms with Gasteiger partial charge in [-0.2, -0.15) is 0 Å². The molecular formula is C15H20FN3OS. The van der Waals surface area contributed by atoms with Crippen LogP contribution >= 0.6 is 11.3 Å². The highest BCUT2D eigenvalue weighted by molar-refractivity contribution is 7.09. The van der Waals surface area contributed by atoms with E-state index in [0.717, 1.165) is 5.01 Å². The van der Waals surface area contributed by atoms with Gasteiger partial charge in [-0.15, -0.1) is 11.3 Å². The average molecular weight is 309 g/mol. The molecular weight excluding hydrogens is 289 g/mol. The third kappa shape index (κ3) is 4.07. The molecule has 1 unspecified atom stereocenters. The molecule has 0 spiro atoms. The molecule has 3 N–H and O–H groups in total. The van der Waals surface area contributed by atoms with Crippen LogP contribution in [0.2, 0.25) is 0 Å². The number of nitrogens with zero attached hydrogens (tertiary/aromatic N) is 1. The molecule has 0 aliphatic heterocycles. The Balaban J connectivity index is 2.08. The Bertz CT molecular complexity index is 587. The van der Waals surface area contributed by atoms with Crippen molar-refractivity contribution in [2.45, 2.75) is 32.8 Å². The van der Waals surface area contributed by atoms with Crippen molar-refractivity contribution < 1.29 is 9.13 Å². The maximum atomic E-state index is 13.8. The highest BCUT2D eigenvalue weighted by Crippen LogP contribution is 2.29. The zero-order valence-electron chi connectivity index (χ0n) is 12.4. The Kier molecular flexibility index (Phi) is 5.01. The normalized spacial score (nSPS) is 12.4. The van der Waals surface area contributed by atoms with Crippen molar-refractivity contribution in [3.05, 3.63) is 34.5 Å². The molecule has 0 aliphatic carbocycles. The summed E-state index contributed by atoms with van der Waals surface area (Å²) in [5, 5.41) is 6.25. The SMILES string of the molecule is CC(C)Oc1cc(NCC(C)c2nccs2)c(N)cc1F. The number of nitrogens with two attached hydrogens (primary N) is 1. The zero-order chi connectivity index (χ0) is 15.4. The fourth-order valence-corrected chi connectivity index (χ4v) is 2.59.